The third kappa shape index (κ3) is 5.35. The van der Waals surface area contributed by atoms with Crippen LogP contribution in [0.25, 0.3) is 0 Å². The van der Waals surface area contributed by atoms with Gasteiger partial charge >= 0.3 is 5.97 Å². The molecule has 17 heavy (non-hydrogen) atoms. The Morgan fingerprint density at radius 2 is 2.12 bits per heavy atom. The van der Waals surface area contributed by atoms with Crippen molar-refractivity contribution in [2.24, 2.45) is 0 Å². The lowest BCUT2D eigenvalue weighted by molar-refractivity contribution is -0.137. The van der Waals surface area contributed by atoms with Crippen LogP contribution in [0.4, 0.5) is 0 Å². The Bertz CT molecular complexity index is 234. The molecule has 0 atom stereocenters. The second-order valence-corrected chi connectivity index (χ2v) is 4.65. The fourth-order valence-electron chi connectivity index (χ4n) is 2.54. The normalized spacial score (nSPS) is 17.1. The van der Waals surface area contributed by atoms with Gasteiger partial charge in [0.1, 0.15) is 0 Å². The first kappa shape index (κ1) is 14.2. The van der Waals surface area contributed by atoms with E-state index in [2.05, 4.69) is 18.4 Å². The molecule has 98 valence electrons. The Labute approximate surface area is 105 Å². The van der Waals surface area contributed by atoms with Crippen LogP contribution in [0, 0.1) is 0 Å². The highest BCUT2D eigenvalue weighted by Gasteiger charge is 2.19. The lowest BCUT2D eigenvalue weighted by Crippen LogP contribution is -2.37. The van der Waals surface area contributed by atoms with Crippen molar-refractivity contribution in [3.63, 3.8) is 0 Å². The molecule has 0 amide bonds. The summed E-state index contributed by atoms with van der Waals surface area (Å²) >= 11 is 0. The maximum atomic E-state index is 10.9. The minimum absolute atomic E-state index is 0.314. The van der Waals surface area contributed by atoms with Crippen LogP contribution >= 0.6 is 0 Å². The van der Waals surface area contributed by atoms with E-state index >= 15 is 0 Å². The number of carbonyl (C=O) groups is 1. The summed E-state index contributed by atoms with van der Waals surface area (Å²) < 4.78 is 4.99. The van der Waals surface area contributed by atoms with Gasteiger partial charge < -0.3 is 9.64 Å². The highest BCUT2D eigenvalue weighted by molar-refractivity contribution is 5.81. The zero-order valence-electron chi connectivity index (χ0n) is 11.0. The van der Waals surface area contributed by atoms with E-state index in [4.69, 9.17) is 4.74 Å². The van der Waals surface area contributed by atoms with Gasteiger partial charge in [0.25, 0.3) is 0 Å². The lowest BCUT2D eigenvalue weighted by atomic mass is 9.94. The third-order valence-corrected chi connectivity index (χ3v) is 3.50. The molecule has 0 aliphatic heterocycles. The van der Waals surface area contributed by atoms with Crippen molar-refractivity contribution in [2.75, 3.05) is 19.7 Å². The highest BCUT2D eigenvalue weighted by Crippen LogP contribution is 2.22. The average Bonchev–Trinajstić information content (AvgIpc) is 2.39. The van der Waals surface area contributed by atoms with Crippen molar-refractivity contribution in [1.29, 1.82) is 0 Å². The molecule has 0 unspecified atom stereocenters. The van der Waals surface area contributed by atoms with E-state index in [-0.39, 0.29) is 5.97 Å². The molecule has 1 rings (SSSR count). The SMILES string of the molecule is C=CC(=O)OCCCN(CC)C1CCCCC1. The van der Waals surface area contributed by atoms with E-state index in [1.807, 2.05) is 0 Å². The summed E-state index contributed by atoms with van der Waals surface area (Å²) in [4.78, 5) is 13.4. The molecule has 1 aliphatic rings. The number of nitrogens with zero attached hydrogens (tertiary/aromatic N) is 1. The molecule has 0 radical (unpaired) electrons. The molecule has 1 saturated carbocycles. The number of hydrogen-bond donors (Lipinski definition) is 0. The number of rotatable bonds is 7. The second kappa shape index (κ2) is 8.29. The van der Waals surface area contributed by atoms with Gasteiger partial charge in [-0.1, -0.05) is 32.8 Å². The van der Waals surface area contributed by atoms with Crippen molar-refractivity contribution < 1.29 is 9.53 Å². The van der Waals surface area contributed by atoms with E-state index in [0.717, 1.165) is 25.6 Å². The Kier molecular flexibility index (Phi) is 6.94. The lowest BCUT2D eigenvalue weighted by Gasteiger charge is -2.33. The van der Waals surface area contributed by atoms with Gasteiger partial charge in [-0.2, -0.15) is 0 Å². The maximum Gasteiger partial charge on any atom is 0.330 e. The Morgan fingerprint density at radius 3 is 2.71 bits per heavy atom. The summed E-state index contributed by atoms with van der Waals surface area (Å²) in [5.41, 5.74) is 0. The van der Waals surface area contributed by atoms with Gasteiger partial charge in [0, 0.05) is 18.7 Å². The topological polar surface area (TPSA) is 29.5 Å². The highest BCUT2D eigenvalue weighted by atomic mass is 16.5. The zero-order chi connectivity index (χ0) is 12.5. The maximum absolute atomic E-state index is 10.9. The van der Waals surface area contributed by atoms with Crippen molar-refractivity contribution in [2.45, 2.75) is 51.5 Å². The van der Waals surface area contributed by atoms with Crippen LogP contribution in [0.15, 0.2) is 12.7 Å². The number of hydrogen-bond acceptors (Lipinski definition) is 3. The first-order valence-electron chi connectivity index (χ1n) is 6.81. The van der Waals surface area contributed by atoms with Crippen molar-refractivity contribution >= 4 is 5.97 Å². The van der Waals surface area contributed by atoms with Crippen molar-refractivity contribution in [3.05, 3.63) is 12.7 Å². The molecule has 1 fully saturated rings. The second-order valence-electron chi connectivity index (χ2n) is 4.65. The Hall–Kier alpha value is -0.830. The predicted molar refractivity (Wildman–Crippen MR) is 69.9 cm³/mol. The van der Waals surface area contributed by atoms with E-state index in [1.54, 1.807) is 0 Å². The Morgan fingerprint density at radius 1 is 1.41 bits per heavy atom. The zero-order valence-corrected chi connectivity index (χ0v) is 11.0. The van der Waals surface area contributed by atoms with Gasteiger partial charge in [-0.15, -0.1) is 0 Å². The van der Waals surface area contributed by atoms with Gasteiger partial charge in [0.2, 0.25) is 0 Å². The van der Waals surface area contributed by atoms with Gasteiger partial charge in [-0.3, -0.25) is 0 Å². The summed E-state index contributed by atoms with van der Waals surface area (Å²) in [6.45, 7) is 8.23. The van der Waals surface area contributed by atoms with Crippen LogP contribution in [0.1, 0.15) is 45.4 Å². The fraction of sp³-hybridized carbons (Fsp3) is 0.786. The van der Waals surface area contributed by atoms with Crippen LogP contribution in [0.5, 0.6) is 0 Å². The van der Waals surface area contributed by atoms with Crippen LogP contribution in [0.2, 0.25) is 0 Å². The standard InChI is InChI=1S/C14H25NO2/c1-3-14(16)17-12-8-11-15(4-2)13-9-6-5-7-10-13/h3,13H,1,4-12H2,2H3. The van der Waals surface area contributed by atoms with Crippen LogP contribution in [0.3, 0.4) is 0 Å². The fourth-order valence-corrected chi connectivity index (χ4v) is 2.54. The first-order chi connectivity index (χ1) is 8.27. The molecule has 3 nitrogen and oxygen atoms in total. The van der Waals surface area contributed by atoms with Crippen LogP contribution in [-0.2, 0) is 9.53 Å². The summed E-state index contributed by atoms with van der Waals surface area (Å²) in [5.74, 6) is -0.314. The monoisotopic (exact) mass is 239 g/mol. The average molecular weight is 239 g/mol. The summed E-state index contributed by atoms with van der Waals surface area (Å²) in [6, 6.07) is 0.754. The Balaban J connectivity index is 2.17. The van der Waals surface area contributed by atoms with Crippen LogP contribution in [-0.4, -0.2) is 36.6 Å². The van der Waals surface area contributed by atoms with Crippen LogP contribution < -0.4 is 0 Å². The largest absolute Gasteiger partial charge is 0.462 e. The smallest absolute Gasteiger partial charge is 0.330 e. The number of carbonyl (C=O) groups excluding carboxylic acids is 1. The molecular weight excluding hydrogens is 214 g/mol. The summed E-state index contributed by atoms with van der Waals surface area (Å²) in [5, 5.41) is 0. The molecule has 0 spiro atoms. The molecule has 0 heterocycles. The third-order valence-electron chi connectivity index (χ3n) is 3.50. The van der Waals surface area contributed by atoms with E-state index in [9.17, 15) is 4.79 Å². The number of esters is 1. The summed E-state index contributed by atoms with van der Waals surface area (Å²) in [7, 11) is 0. The molecular formula is C14H25NO2. The summed E-state index contributed by atoms with van der Waals surface area (Å²) in [6.07, 6.45) is 8.94. The van der Waals surface area contributed by atoms with Crippen molar-refractivity contribution in [1.82, 2.24) is 4.90 Å². The molecule has 3 heteroatoms. The first-order valence-corrected chi connectivity index (χ1v) is 6.81. The molecule has 0 N–H and O–H groups in total. The van der Waals surface area contributed by atoms with Gasteiger partial charge in [-0.05, 0) is 25.8 Å². The minimum atomic E-state index is -0.314. The quantitative estimate of drug-likeness (QED) is 0.389. The molecule has 1 aliphatic carbocycles. The van der Waals surface area contributed by atoms with E-state index in [1.165, 1.54) is 38.2 Å². The van der Waals surface area contributed by atoms with Crippen molar-refractivity contribution in [3.8, 4) is 0 Å². The van der Waals surface area contributed by atoms with Gasteiger partial charge in [-0.25, -0.2) is 4.79 Å². The van der Waals surface area contributed by atoms with E-state index < -0.39 is 0 Å². The molecule has 0 aromatic heterocycles. The number of ether oxygens (including phenoxy) is 1. The predicted octanol–water partition coefficient (Wildman–Crippen LogP) is 2.76. The molecule has 0 aromatic carbocycles. The molecule has 0 aromatic rings. The van der Waals surface area contributed by atoms with Gasteiger partial charge in [0.15, 0.2) is 0 Å². The molecule has 0 bridgehead atoms. The minimum Gasteiger partial charge on any atom is -0.462 e. The van der Waals surface area contributed by atoms with E-state index in [0.29, 0.717) is 6.61 Å². The molecule has 0 saturated heterocycles. The van der Waals surface area contributed by atoms with Gasteiger partial charge in [0.05, 0.1) is 6.61 Å².